The Labute approximate surface area is 134 Å². The summed E-state index contributed by atoms with van der Waals surface area (Å²) < 4.78 is 0.860. The Morgan fingerprint density at radius 3 is 2.43 bits per heavy atom. The van der Waals surface area contributed by atoms with E-state index in [1.54, 1.807) is 0 Å². The average Bonchev–Trinajstić information content (AvgIpc) is 2.56. The lowest BCUT2D eigenvalue weighted by atomic mass is 10.1. The number of benzene rings is 1. The van der Waals surface area contributed by atoms with E-state index in [0.717, 1.165) is 16.8 Å². The van der Waals surface area contributed by atoms with Gasteiger partial charge < -0.3 is 10.2 Å². The number of nitrogens with one attached hydrogen (secondary N) is 1. The van der Waals surface area contributed by atoms with Crippen LogP contribution in [0.5, 0.6) is 0 Å². The van der Waals surface area contributed by atoms with Gasteiger partial charge in [0.1, 0.15) is 4.60 Å². The van der Waals surface area contributed by atoms with Gasteiger partial charge in [0.25, 0.3) is 0 Å². The van der Waals surface area contributed by atoms with E-state index < -0.39 is 0 Å². The van der Waals surface area contributed by atoms with E-state index in [4.69, 9.17) is 0 Å². The second kappa shape index (κ2) is 6.94. The zero-order chi connectivity index (χ0) is 14.5. The summed E-state index contributed by atoms with van der Waals surface area (Å²) >= 11 is 3.34. The average molecular weight is 346 g/mol. The lowest BCUT2D eigenvalue weighted by molar-refractivity contribution is 0.578. The van der Waals surface area contributed by atoms with Crippen molar-refractivity contribution in [3.8, 4) is 0 Å². The van der Waals surface area contributed by atoms with Crippen molar-refractivity contribution >= 4 is 27.3 Å². The Kier molecular flexibility index (Phi) is 4.76. The van der Waals surface area contributed by atoms with E-state index in [1.165, 1.54) is 43.6 Å². The van der Waals surface area contributed by atoms with Crippen molar-refractivity contribution in [1.29, 1.82) is 0 Å². The molecule has 3 rings (SSSR count). The van der Waals surface area contributed by atoms with Crippen LogP contribution in [0.1, 0.15) is 24.8 Å². The Bertz CT molecular complexity index is 560. The van der Waals surface area contributed by atoms with Gasteiger partial charge in [-0.25, -0.2) is 4.98 Å². The van der Waals surface area contributed by atoms with Crippen molar-refractivity contribution in [2.45, 2.75) is 25.8 Å². The van der Waals surface area contributed by atoms with Crippen molar-refractivity contribution in [3.05, 3.63) is 52.8 Å². The maximum absolute atomic E-state index is 4.21. The molecule has 110 valence electrons. The lowest BCUT2D eigenvalue weighted by Crippen LogP contribution is -2.29. The molecule has 1 saturated heterocycles. The van der Waals surface area contributed by atoms with E-state index in [-0.39, 0.29) is 0 Å². The number of hydrogen-bond acceptors (Lipinski definition) is 3. The van der Waals surface area contributed by atoms with Crippen LogP contribution in [0.15, 0.2) is 47.2 Å². The molecule has 2 heterocycles. The molecule has 0 radical (unpaired) electrons. The highest BCUT2D eigenvalue weighted by atomic mass is 79.9. The van der Waals surface area contributed by atoms with E-state index >= 15 is 0 Å². The van der Waals surface area contributed by atoms with Gasteiger partial charge in [-0.1, -0.05) is 12.1 Å². The van der Waals surface area contributed by atoms with E-state index in [9.17, 15) is 0 Å². The van der Waals surface area contributed by atoms with Gasteiger partial charge in [0.05, 0.1) is 11.9 Å². The number of piperidine rings is 1. The summed E-state index contributed by atoms with van der Waals surface area (Å²) in [6.07, 6.45) is 5.85. The lowest BCUT2D eigenvalue weighted by Gasteiger charge is -2.28. The predicted molar refractivity (Wildman–Crippen MR) is 91.8 cm³/mol. The zero-order valence-corrected chi connectivity index (χ0v) is 13.6. The standard InChI is InChI=1S/C17H20BrN3/c18-17-9-6-15(13-20-17)19-12-14-4-7-16(8-5-14)21-10-2-1-3-11-21/h4-9,13,19H,1-3,10-12H2. The molecule has 0 bridgehead atoms. The fourth-order valence-corrected chi connectivity index (χ4v) is 2.90. The number of anilines is 2. The summed E-state index contributed by atoms with van der Waals surface area (Å²) in [5, 5.41) is 3.39. The van der Waals surface area contributed by atoms with Crippen molar-refractivity contribution in [1.82, 2.24) is 4.98 Å². The molecule has 3 nitrogen and oxygen atoms in total. The fraction of sp³-hybridized carbons (Fsp3) is 0.353. The van der Waals surface area contributed by atoms with Crippen molar-refractivity contribution in [3.63, 3.8) is 0 Å². The van der Waals surface area contributed by atoms with Crippen LogP contribution in [0.4, 0.5) is 11.4 Å². The summed E-state index contributed by atoms with van der Waals surface area (Å²) in [7, 11) is 0. The summed E-state index contributed by atoms with van der Waals surface area (Å²) in [6.45, 7) is 3.22. The molecular weight excluding hydrogens is 326 g/mol. The first-order valence-electron chi connectivity index (χ1n) is 7.50. The SMILES string of the molecule is Brc1ccc(NCc2ccc(N3CCCCC3)cc2)cn1. The van der Waals surface area contributed by atoms with Gasteiger partial charge in [-0.15, -0.1) is 0 Å². The third-order valence-corrected chi connectivity index (χ3v) is 4.35. The molecule has 1 aromatic heterocycles. The molecule has 0 atom stereocenters. The second-order valence-corrected chi connectivity index (χ2v) is 6.25. The summed E-state index contributed by atoms with van der Waals surface area (Å²) in [5.41, 5.74) is 3.68. The highest BCUT2D eigenvalue weighted by Gasteiger charge is 2.10. The Hall–Kier alpha value is -1.55. The Morgan fingerprint density at radius 2 is 1.76 bits per heavy atom. The minimum Gasteiger partial charge on any atom is -0.380 e. The highest BCUT2D eigenvalue weighted by Crippen LogP contribution is 2.20. The van der Waals surface area contributed by atoms with Gasteiger partial charge in [-0.3, -0.25) is 0 Å². The first-order valence-corrected chi connectivity index (χ1v) is 8.30. The van der Waals surface area contributed by atoms with Crippen molar-refractivity contribution in [2.24, 2.45) is 0 Å². The minimum atomic E-state index is 0.823. The molecule has 1 fully saturated rings. The third kappa shape index (κ3) is 3.97. The zero-order valence-electron chi connectivity index (χ0n) is 12.1. The van der Waals surface area contributed by atoms with Gasteiger partial charge in [-0.2, -0.15) is 0 Å². The maximum atomic E-state index is 4.21. The number of aromatic nitrogens is 1. The topological polar surface area (TPSA) is 28.2 Å². The van der Waals surface area contributed by atoms with Crippen molar-refractivity contribution < 1.29 is 0 Å². The molecule has 1 N–H and O–H groups in total. The van der Waals surface area contributed by atoms with Crippen LogP contribution < -0.4 is 10.2 Å². The van der Waals surface area contributed by atoms with Gasteiger partial charge in [0.2, 0.25) is 0 Å². The molecule has 21 heavy (non-hydrogen) atoms. The highest BCUT2D eigenvalue weighted by molar-refractivity contribution is 9.10. The van der Waals surface area contributed by atoms with Crippen LogP contribution >= 0.6 is 15.9 Å². The predicted octanol–water partition coefficient (Wildman–Crippen LogP) is 4.45. The molecule has 1 aliphatic rings. The van der Waals surface area contributed by atoms with Gasteiger partial charge in [0, 0.05) is 25.3 Å². The summed E-state index contributed by atoms with van der Waals surface area (Å²) in [6, 6.07) is 12.9. The number of hydrogen-bond donors (Lipinski definition) is 1. The molecular formula is C17H20BrN3. The van der Waals surface area contributed by atoms with Gasteiger partial charge in [-0.05, 0) is 65.0 Å². The maximum Gasteiger partial charge on any atom is 0.106 e. The number of nitrogens with zero attached hydrogens (tertiary/aromatic N) is 2. The molecule has 0 unspecified atom stereocenters. The normalized spacial score (nSPS) is 15.0. The monoisotopic (exact) mass is 345 g/mol. The number of pyridine rings is 1. The van der Waals surface area contributed by atoms with E-state index in [2.05, 4.69) is 55.4 Å². The summed E-state index contributed by atoms with van der Waals surface area (Å²) in [4.78, 5) is 6.70. The van der Waals surface area contributed by atoms with E-state index in [1.807, 2.05) is 18.3 Å². The third-order valence-electron chi connectivity index (χ3n) is 3.88. The van der Waals surface area contributed by atoms with Gasteiger partial charge >= 0.3 is 0 Å². The Balaban J connectivity index is 1.57. The van der Waals surface area contributed by atoms with Crippen molar-refractivity contribution in [2.75, 3.05) is 23.3 Å². The van der Waals surface area contributed by atoms with Crippen LogP contribution in [-0.2, 0) is 6.54 Å². The molecule has 2 aromatic rings. The number of rotatable bonds is 4. The van der Waals surface area contributed by atoms with Crippen LogP contribution in [-0.4, -0.2) is 18.1 Å². The van der Waals surface area contributed by atoms with Crippen LogP contribution in [0.2, 0.25) is 0 Å². The number of halogens is 1. The molecule has 4 heteroatoms. The largest absolute Gasteiger partial charge is 0.380 e. The fourth-order valence-electron chi connectivity index (χ4n) is 2.66. The molecule has 0 saturated carbocycles. The smallest absolute Gasteiger partial charge is 0.106 e. The summed E-state index contributed by atoms with van der Waals surface area (Å²) in [5.74, 6) is 0. The molecule has 0 amide bonds. The quantitative estimate of drug-likeness (QED) is 0.830. The van der Waals surface area contributed by atoms with Crippen LogP contribution in [0.25, 0.3) is 0 Å². The minimum absolute atomic E-state index is 0.823. The molecule has 1 aromatic carbocycles. The van der Waals surface area contributed by atoms with E-state index in [0.29, 0.717) is 0 Å². The first kappa shape index (κ1) is 14.4. The van der Waals surface area contributed by atoms with Gasteiger partial charge in [0.15, 0.2) is 0 Å². The molecule has 1 aliphatic heterocycles. The molecule has 0 aliphatic carbocycles. The first-order chi connectivity index (χ1) is 10.3. The molecule has 0 spiro atoms. The van der Waals surface area contributed by atoms with Crippen LogP contribution in [0.3, 0.4) is 0 Å². The van der Waals surface area contributed by atoms with Crippen LogP contribution in [0, 0.1) is 0 Å². The Morgan fingerprint density at radius 1 is 1.00 bits per heavy atom. The second-order valence-electron chi connectivity index (χ2n) is 5.44.